The van der Waals surface area contributed by atoms with Gasteiger partial charge in [-0.25, -0.2) is 13.9 Å². The van der Waals surface area contributed by atoms with E-state index in [4.69, 9.17) is 4.74 Å². The quantitative estimate of drug-likeness (QED) is 0.316. The van der Waals surface area contributed by atoms with Gasteiger partial charge in [0.05, 0.1) is 13.2 Å². The fourth-order valence-corrected chi connectivity index (χ4v) is 4.61. The number of hydrogen-bond acceptors (Lipinski definition) is 4. The zero-order valence-corrected chi connectivity index (χ0v) is 18.7. The predicted molar refractivity (Wildman–Crippen MR) is 121 cm³/mol. The Labute approximate surface area is 189 Å². The van der Waals surface area contributed by atoms with Gasteiger partial charge in [-0.15, -0.1) is 0 Å². The number of imidazole rings is 1. The number of carbonyl (C=O) groups is 1. The first-order valence-electron chi connectivity index (χ1n) is 11.5. The average molecular weight is 435 g/mol. The molecule has 2 aromatic heterocycles. The number of carbonyl (C=O) groups excluding carboxylic acids is 1. The van der Waals surface area contributed by atoms with E-state index < -0.39 is 12.1 Å². The number of aliphatic hydroxyl groups excluding tert-OH is 1. The van der Waals surface area contributed by atoms with Gasteiger partial charge >= 0.3 is 5.97 Å². The molecule has 0 bridgehead atoms. The third-order valence-corrected chi connectivity index (χ3v) is 6.46. The lowest BCUT2D eigenvalue weighted by Crippen LogP contribution is -2.36. The van der Waals surface area contributed by atoms with Crippen LogP contribution in [-0.2, 0) is 22.6 Å². The van der Waals surface area contributed by atoms with Gasteiger partial charge in [-0.05, 0) is 47.6 Å². The fraction of sp³-hybridized carbons (Fsp3) is 0.423. The first-order chi connectivity index (χ1) is 15.6. The zero-order valence-electron chi connectivity index (χ0n) is 18.7. The highest BCUT2D eigenvalue weighted by molar-refractivity contribution is 5.76. The molecular weight excluding hydrogens is 402 g/mol. The van der Waals surface area contributed by atoms with E-state index in [0.29, 0.717) is 17.9 Å². The van der Waals surface area contributed by atoms with Gasteiger partial charge in [-0.1, -0.05) is 37.1 Å². The highest BCUT2D eigenvalue weighted by atomic mass is 16.5. The number of aromatic nitrogens is 3. The average Bonchev–Trinajstić information content (AvgIpc) is 3.48. The minimum Gasteiger partial charge on any atom is -0.463 e. The number of ether oxygens (including phenoxy) is 1. The van der Waals surface area contributed by atoms with Crippen molar-refractivity contribution in [3.05, 3.63) is 83.7 Å². The molecular formula is C26H32N3O3+. The summed E-state index contributed by atoms with van der Waals surface area (Å²) in [7, 11) is 0. The standard InChI is InChI=1S/C26H32N3O3/c1-20-28(16-17-29(20)19-21-11-13-27-14-12-21)15-6-18-32-26(31)25(30)24-10-5-4-9-23(24)22-7-2-3-8-22/h4-5,9-14,16-17,22,25,30H,2-3,6-8,15,18-19H2,1H3/q+1. The molecule has 2 heterocycles. The summed E-state index contributed by atoms with van der Waals surface area (Å²) in [6, 6.07) is 11.8. The van der Waals surface area contributed by atoms with E-state index in [1.54, 1.807) is 12.4 Å². The van der Waals surface area contributed by atoms with Gasteiger partial charge in [0.15, 0.2) is 6.10 Å². The van der Waals surface area contributed by atoms with Gasteiger partial charge in [0.2, 0.25) is 0 Å². The SMILES string of the molecule is Cc1n(CCCOC(=O)C(O)c2ccccc2C2CCCC2)cc[n+]1Cc1ccncc1. The van der Waals surface area contributed by atoms with Crippen LogP contribution in [0.3, 0.4) is 0 Å². The van der Waals surface area contributed by atoms with Crippen molar-refractivity contribution in [3.8, 4) is 0 Å². The molecule has 32 heavy (non-hydrogen) atoms. The molecule has 0 radical (unpaired) electrons. The number of hydrogen-bond donors (Lipinski definition) is 1. The molecule has 0 saturated heterocycles. The summed E-state index contributed by atoms with van der Waals surface area (Å²) in [4.78, 5) is 16.6. The third kappa shape index (κ3) is 5.25. The molecule has 4 rings (SSSR count). The number of pyridine rings is 1. The Balaban J connectivity index is 1.28. The largest absolute Gasteiger partial charge is 0.463 e. The molecule has 0 spiro atoms. The second-order valence-electron chi connectivity index (χ2n) is 8.56. The second-order valence-corrected chi connectivity index (χ2v) is 8.56. The van der Waals surface area contributed by atoms with Crippen LogP contribution in [0.5, 0.6) is 0 Å². The Morgan fingerprint density at radius 1 is 1.22 bits per heavy atom. The topological polar surface area (TPSA) is 68.2 Å². The van der Waals surface area contributed by atoms with E-state index in [2.05, 4.69) is 27.2 Å². The molecule has 1 saturated carbocycles. The summed E-state index contributed by atoms with van der Waals surface area (Å²) in [5.74, 6) is 1.01. The van der Waals surface area contributed by atoms with Gasteiger partial charge in [-0.3, -0.25) is 4.98 Å². The number of esters is 1. The monoisotopic (exact) mass is 434 g/mol. The number of aryl methyl sites for hydroxylation is 1. The van der Waals surface area contributed by atoms with Crippen LogP contribution in [0.1, 0.15) is 66.6 Å². The molecule has 1 aromatic carbocycles. The molecule has 1 unspecified atom stereocenters. The maximum Gasteiger partial charge on any atom is 0.339 e. The number of benzene rings is 1. The Morgan fingerprint density at radius 3 is 2.75 bits per heavy atom. The van der Waals surface area contributed by atoms with E-state index in [1.807, 2.05) is 42.6 Å². The Kier molecular flexibility index (Phi) is 7.32. The molecule has 1 atom stereocenters. The van der Waals surface area contributed by atoms with Crippen molar-refractivity contribution in [2.45, 2.75) is 64.1 Å². The number of rotatable bonds is 9. The minimum atomic E-state index is -1.22. The molecule has 0 amide bonds. The maximum atomic E-state index is 12.5. The van der Waals surface area contributed by atoms with Crippen molar-refractivity contribution >= 4 is 5.97 Å². The number of aliphatic hydroxyl groups is 1. The van der Waals surface area contributed by atoms with E-state index >= 15 is 0 Å². The summed E-state index contributed by atoms with van der Waals surface area (Å²) < 4.78 is 9.76. The third-order valence-electron chi connectivity index (χ3n) is 6.46. The van der Waals surface area contributed by atoms with Crippen LogP contribution in [0.15, 0.2) is 61.2 Å². The molecule has 6 nitrogen and oxygen atoms in total. The van der Waals surface area contributed by atoms with Gasteiger partial charge < -0.3 is 9.84 Å². The van der Waals surface area contributed by atoms with Crippen LogP contribution in [0.4, 0.5) is 0 Å². The van der Waals surface area contributed by atoms with Crippen LogP contribution in [0, 0.1) is 6.92 Å². The summed E-state index contributed by atoms with van der Waals surface area (Å²) in [5.41, 5.74) is 2.99. The zero-order chi connectivity index (χ0) is 22.3. The van der Waals surface area contributed by atoms with Crippen LogP contribution < -0.4 is 4.57 Å². The van der Waals surface area contributed by atoms with Gasteiger partial charge in [0.1, 0.15) is 18.9 Å². The van der Waals surface area contributed by atoms with E-state index in [-0.39, 0.29) is 6.61 Å². The normalized spacial score (nSPS) is 15.1. The summed E-state index contributed by atoms with van der Waals surface area (Å²) in [5, 5.41) is 10.6. The second kappa shape index (κ2) is 10.6. The van der Waals surface area contributed by atoms with Gasteiger partial charge in [-0.2, -0.15) is 0 Å². The van der Waals surface area contributed by atoms with Crippen molar-refractivity contribution in [2.24, 2.45) is 0 Å². The van der Waals surface area contributed by atoms with Crippen LogP contribution >= 0.6 is 0 Å². The van der Waals surface area contributed by atoms with Gasteiger partial charge in [0.25, 0.3) is 5.82 Å². The Morgan fingerprint density at radius 2 is 1.97 bits per heavy atom. The van der Waals surface area contributed by atoms with Crippen LogP contribution in [-0.4, -0.2) is 27.2 Å². The Hall–Kier alpha value is -2.99. The smallest absolute Gasteiger partial charge is 0.339 e. The molecule has 1 aliphatic carbocycles. The van der Waals surface area contributed by atoms with E-state index in [0.717, 1.165) is 37.3 Å². The lowest BCUT2D eigenvalue weighted by Gasteiger charge is -2.18. The van der Waals surface area contributed by atoms with Crippen LogP contribution in [0.25, 0.3) is 0 Å². The summed E-state index contributed by atoms with van der Waals surface area (Å²) >= 11 is 0. The molecule has 0 aliphatic heterocycles. The minimum absolute atomic E-state index is 0.281. The molecule has 1 fully saturated rings. The molecule has 6 heteroatoms. The lowest BCUT2D eigenvalue weighted by molar-refractivity contribution is -0.694. The molecule has 1 aliphatic rings. The summed E-state index contributed by atoms with van der Waals surface area (Å²) in [6.07, 6.45) is 11.8. The predicted octanol–water partition coefficient (Wildman–Crippen LogP) is 3.85. The van der Waals surface area contributed by atoms with Crippen molar-refractivity contribution in [2.75, 3.05) is 6.61 Å². The van der Waals surface area contributed by atoms with Crippen molar-refractivity contribution in [1.29, 1.82) is 0 Å². The lowest BCUT2D eigenvalue weighted by atomic mass is 9.90. The first-order valence-corrected chi connectivity index (χ1v) is 11.5. The van der Waals surface area contributed by atoms with Crippen LogP contribution in [0.2, 0.25) is 0 Å². The molecule has 1 N–H and O–H groups in total. The number of nitrogens with zero attached hydrogens (tertiary/aromatic N) is 3. The molecule has 168 valence electrons. The van der Waals surface area contributed by atoms with E-state index in [9.17, 15) is 9.90 Å². The van der Waals surface area contributed by atoms with Crippen molar-refractivity contribution < 1.29 is 19.2 Å². The van der Waals surface area contributed by atoms with Crippen molar-refractivity contribution in [1.82, 2.24) is 9.55 Å². The van der Waals surface area contributed by atoms with Gasteiger partial charge in [0, 0.05) is 25.7 Å². The highest BCUT2D eigenvalue weighted by Crippen LogP contribution is 2.37. The van der Waals surface area contributed by atoms with Crippen molar-refractivity contribution in [3.63, 3.8) is 0 Å². The summed E-state index contributed by atoms with van der Waals surface area (Å²) in [6.45, 7) is 3.90. The maximum absolute atomic E-state index is 12.5. The Bertz CT molecular complexity index is 1030. The highest BCUT2D eigenvalue weighted by Gasteiger charge is 2.26. The fourth-order valence-electron chi connectivity index (χ4n) is 4.61. The first kappa shape index (κ1) is 22.2. The molecule has 3 aromatic rings. The van der Waals surface area contributed by atoms with E-state index in [1.165, 1.54) is 18.4 Å².